The first-order valence-electron chi connectivity index (χ1n) is 28.9. The van der Waals surface area contributed by atoms with Gasteiger partial charge in [0.05, 0.1) is 0 Å². The van der Waals surface area contributed by atoms with Gasteiger partial charge in [-0.2, -0.15) is 0 Å². The van der Waals surface area contributed by atoms with E-state index in [1.54, 1.807) is 0 Å². The lowest BCUT2D eigenvalue weighted by Gasteiger charge is -2.54. The average molecular weight is 889 g/mol. The number of hydrogen-bond donors (Lipinski definition) is 1. The largest absolute Gasteiger partial charge is 0.396 e. The Balaban J connectivity index is 2.47. The number of nitrogens with zero attached hydrogens (tertiary/aromatic N) is 3. The van der Waals surface area contributed by atoms with Crippen molar-refractivity contribution in [1.29, 1.82) is 0 Å². The quantitative estimate of drug-likeness (QED) is 0.0618. The molecule has 0 spiro atoms. The number of rotatable bonds is 50. The predicted molar refractivity (Wildman–Crippen MR) is 276 cm³/mol. The van der Waals surface area contributed by atoms with E-state index >= 15 is 0 Å². The van der Waals surface area contributed by atoms with Gasteiger partial charge in [0.1, 0.15) is 0 Å². The Labute approximate surface area is 395 Å². The molecule has 1 aliphatic rings. The summed E-state index contributed by atoms with van der Waals surface area (Å²) in [6.07, 6.45) is 53.2. The number of likely N-dealkylation sites (tertiary alicyclic amines) is 1. The molecule has 0 aliphatic carbocycles. The average Bonchev–Trinajstić information content (AvgIpc) is 3.28. The number of unbranched alkanes of at least 4 members (excludes halogenated alkanes) is 31. The molecule has 1 N–H and O–H groups in total. The first-order valence-corrected chi connectivity index (χ1v) is 28.9. The zero-order valence-electron chi connectivity index (χ0n) is 43.5. The van der Waals surface area contributed by atoms with E-state index < -0.39 is 0 Å². The Morgan fingerprint density at radius 3 is 1.03 bits per heavy atom. The smallest absolute Gasteiger partial charge is 0.222 e. The van der Waals surface area contributed by atoms with Crippen molar-refractivity contribution in [3.05, 3.63) is 0 Å². The van der Waals surface area contributed by atoms with Crippen LogP contribution in [-0.2, 0) is 9.59 Å². The van der Waals surface area contributed by atoms with E-state index in [0.29, 0.717) is 24.0 Å². The van der Waals surface area contributed by atoms with Gasteiger partial charge in [0.2, 0.25) is 11.8 Å². The predicted octanol–water partition coefficient (Wildman–Crippen LogP) is 16.5. The molecular weight excluding hydrogens is 775 g/mol. The van der Waals surface area contributed by atoms with Crippen molar-refractivity contribution in [2.45, 2.75) is 309 Å². The standard InChI is InChI=1S/C57H113N3O3/c1-5-9-13-17-27-37-48-58(49-38-28-18-14-10-6-2)55(62)43-33-23-21-25-35-45-57(46-36-26-32-42-54-61)47-53-60(57)52-41-31-22-24-34-44-56(63)59(50-39-29-19-15-11-7-3)51-40-30-20-16-12-8-4/h61H,5-54H2,1-4H3. The molecule has 1 aliphatic heterocycles. The summed E-state index contributed by atoms with van der Waals surface area (Å²) in [6.45, 7) is 15.8. The molecule has 1 saturated heterocycles. The maximum absolute atomic E-state index is 13.4. The molecule has 1 unspecified atom stereocenters. The summed E-state index contributed by atoms with van der Waals surface area (Å²) >= 11 is 0. The molecule has 0 aromatic rings. The zero-order valence-corrected chi connectivity index (χ0v) is 43.5. The fourth-order valence-corrected chi connectivity index (χ4v) is 10.3. The normalized spacial score (nSPS) is 15.3. The third-order valence-corrected chi connectivity index (χ3v) is 14.8. The monoisotopic (exact) mass is 888 g/mol. The van der Waals surface area contributed by atoms with Crippen molar-refractivity contribution in [2.24, 2.45) is 0 Å². The van der Waals surface area contributed by atoms with Crippen LogP contribution in [0, 0.1) is 0 Å². The van der Waals surface area contributed by atoms with Crippen molar-refractivity contribution in [1.82, 2.24) is 14.7 Å². The molecule has 0 radical (unpaired) electrons. The SMILES string of the molecule is CCCCCCCCN(CCCCCCCC)C(=O)CCCCCCCN1CCC1(CCCCCCO)CCCCCCCC(=O)N(CCCCCCCC)CCCCCCCC. The molecule has 6 nitrogen and oxygen atoms in total. The number of hydrogen-bond acceptors (Lipinski definition) is 4. The minimum Gasteiger partial charge on any atom is -0.396 e. The molecule has 63 heavy (non-hydrogen) atoms. The first-order chi connectivity index (χ1) is 31.0. The van der Waals surface area contributed by atoms with Crippen LogP contribution in [0.4, 0.5) is 0 Å². The van der Waals surface area contributed by atoms with Crippen molar-refractivity contribution in [3.63, 3.8) is 0 Å². The molecule has 0 saturated carbocycles. The van der Waals surface area contributed by atoms with Crippen molar-refractivity contribution < 1.29 is 14.7 Å². The summed E-state index contributed by atoms with van der Waals surface area (Å²) in [5, 5.41) is 9.32. The molecule has 6 heteroatoms. The van der Waals surface area contributed by atoms with Gasteiger partial charge in [-0.1, -0.05) is 220 Å². The summed E-state index contributed by atoms with van der Waals surface area (Å²) in [5.41, 5.74) is 0.393. The van der Waals surface area contributed by atoms with Crippen molar-refractivity contribution in [2.75, 3.05) is 45.9 Å². The lowest BCUT2D eigenvalue weighted by Crippen LogP contribution is -2.59. The number of aliphatic hydroxyl groups is 1. The Hall–Kier alpha value is -1.14. The molecular formula is C57H113N3O3. The van der Waals surface area contributed by atoms with Gasteiger partial charge in [-0.25, -0.2) is 0 Å². The van der Waals surface area contributed by atoms with Gasteiger partial charge in [0, 0.05) is 57.7 Å². The lowest BCUT2D eigenvalue weighted by molar-refractivity contribution is -0.132. The number of amides is 2. The van der Waals surface area contributed by atoms with E-state index in [9.17, 15) is 14.7 Å². The Morgan fingerprint density at radius 1 is 0.397 bits per heavy atom. The van der Waals surface area contributed by atoms with Crippen LogP contribution in [0.5, 0.6) is 0 Å². The molecule has 1 rings (SSSR count). The Bertz CT molecular complexity index is 960. The van der Waals surface area contributed by atoms with Crippen molar-refractivity contribution in [3.8, 4) is 0 Å². The summed E-state index contributed by atoms with van der Waals surface area (Å²) in [6, 6.07) is 0. The molecule has 374 valence electrons. The van der Waals surface area contributed by atoms with E-state index in [1.165, 1.54) is 251 Å². The van der Waals surface area contributed by atoms with Gasteiger partial charge < -0.3 is 14.9 Å². The highest BCUT2D eigenvalue weighted by Crippen LogP contribution is 2.40. The molecule has 2 amide bonds. The lowest BCUT2D eigenvalue weighted by atomic mass is 9.75. The minimum atomic E-state index is 0.323. The first kappa shape index (κ1) is 59.9. The van der Waals surface area contributed by atoms with Crippen LogP contribution in [0.15, 0.2) is 0 Å². The second-order valence-electron chi connectivity index (χ2n) is 20.5. The van der Waals surface area contributed by atoms with Crippen LogP contribution in [0.3, 0.4) is 0 Å². The van der Waals surface area contributed by atoms with Crippen LogP contribution in [0.1, 0.15) is 304 Å². The summed E-state index contributed by atoms with van der Waals surface area (Å²) in [5.74, 6) is 0.833. The summed E-state index contributed by atoms with van der Waals surface area (Å²) in [7, 11) is 0. The Kier molecular flexibility index (Phi) is 42.5. The number of aliphatic hydroxyl groups excluding tert-OH is 1. The zero-order chi connectivity index (χ0) is 45.7. The third-order valence-electron chi connectivity index (χ3n) is 14.8. The highest BCUT2D eigenvalue weighted by atomic mass is 16.3. The molecule has 1 heterocycles. The maximum atomic E-state index is 13.4. The van der Waals surface area contributed by atoms with E-state index in [0.717, 1.165) is 64.7 Å². The van der Waals surface area contributed by atoms with Crippen LogP contribution in [0.25, 0.3) is 0 Å². The van der Waals surface area contributed by atoms with Crippen LogP contribution in [0.2, 0.25) is 0 Å². The van der Waals surface area contributed by atoms with Gasteiger partial charge >= 0.3 is 0 Å². The van der Waals surface area contributed by atoms with Crippen molar-refractivity contribution >= 4 is 11.8 Å². The van der Waals surface area contributed by atoms with Gasteiger partial charge in [-0.15, -0.1) is 0 Å². The summed E-state index contributed by atoms with van der Waals surface area (Å²) < 4.78 is 0. The highest BCUT2D eigenvalue weighted by molar-refractivity contribution is 5.76. The van der Waals surface area contributed by atoms with Gasteiger partial charge in [-0.05, 0) is 77.2 Å². The van der Waals surface area contributed by atoms with E-state index in [1.807, 2.05) is 0 Å². The van der Waals surface area contributed by atoms with Crippen LogP contribution < -0.4 is 0 Å². The summed E-state index contributed by atoms with van der Waals surface area (Å²) in [4.78, 5) is 34.0. The molecule has 1 atom stereocenters. The van der Waals surface area contributed by atoms with Gasteiger partial charge in [0.15, 0.2) is 0 Å². The highest BCUT2D eigenvalue weighted by Gasteiger charge is 2.42. The van der Waals surface area contributed by atoms with Crippen LogP contribution in [-0.4, -0.2) is 83.0 Å². The number of carbonyl (C=O) groups is 2. The molecule has 0 aromatic heterocycles. The fraction of sp³-hybridized carbons (Fsp3) is 0.965. The molecule has 0 aromatic carbocycles. The minimum absolute atomic E-state index is 0.323. The van der Waals surface area contributed by atoms with Gasteiger partial charge in [-0.3, -0.25) is 14.5 Å². The topological polar surface area (TPSA) is 64.1 Å². The van der Waals surface area contributed by atoms with E-state index in [-0.39, 0.29) is 0 Å². The fourth-order valence-electron chi connectivity index (χ4n) is 10.3. The van der Waals surface area contributed by atoms with E-state index in [2.05, 4.69) is 42.4 Å². The van der Waals surface area contributed by atoms with Gasteiger partial charge in [0.25, 0.3) is 0 Å². The van der Waals surface area contributed by atoms with Crippen LogP contribution >= 0.6 is 0 Å². The maximum Gasteiger partial charge on any atom is 0.222 e. The second kappa shape index (κ2) is 44.7. The molecule has 1 fully saturated rings. The Morgan fingerprint density at radius 2 is 0.698 bits per heavy atom. The van der Waals surface area contributed by atoms with E-state index in [4.69, 9.17) is 0 Å². The molecule has 0 bridgehead atoms. The third kappa shape index (κ3) is 33.1. The number of carbonyl (C=O) groups excluding carboxylic acids is 2. The second-order valence-corrected chi connectivity index (χ2v) is 20.5.